The molecule has 1 aliphatic rings. The highest BCUT2D eigenvalue weighted by Gasteiger charge is 2.27. The summed E-state index contributed by atoms with van der Waals surface area (Å²) in [5, 5.41) is 12.5. The Kier molecular flexibility index (Phi) is 4.35. The van der Waals surface area contributed by atoms with Gasteiger partial charge in [-0.1, -0.05) is 0 Å². The molecule has 14 heavy (non-hydrogen) atoms. The van der Waals surface area contributed by atoms with E-state index in [-0.39, 0.29) is 12.1 Å². The zero-order valence-corrected chi connectivity index (χ0v) is 9.71. The van der Waals surface area contributed by atoms with Crippen LogP contribution in [0.4, 0.5) is 0 Å². The zero-order valence-electron chi connectivity index (χ0n) is 9.71. The number of nitrogens with one attached hydrogen (secondary N) is 1. The van der Waals surface area contributed by atoms with Gasteiger partial charge in [0, 0.05) is 11.6 Å². The largest absolute Gasteiger partial charge is 0.394 e. The number of likely N-dealkylation sites (tertiary alicyclic amines) is 1. The number of hydrogen-bond donors (Lipinski definition) is 2. The third kappa shape index (κ3) is 2.94. The van der Waals surface area contributed by atoms with E-state index < -0.39 is 0 Å². The summed E-state index contributed by atoms with van der Waals surface area (Å²) >= 11 is 0. The summed E-state index contributed by atoms with van der Waals surface area (Å²) in [4.78, 5) is 2.52. The molecule has 1 saturated heterocycles. The van der Waals surface area contributed by atoms with Crippen molar-refractivity contribution in [3.8, 4) is 0 Å². The average molecular weight is 200 g/mol. The first kappa shape index (κ1) is 12.0. The van der Waals surface area contributed by atoms with E-state index in [1.54, 1.807) is 0 Å². The van der Waals surface area contributed by atoms with E-state index in [0.29, 0.717) is 6.04 Å². The highest BCUT2D eigenvalue weighted by molar-refractivity contribution is 4.86. The number of aliphatic hydroxyl groups excluding tert-OH is 1. The van der Waals surface area contributed by atoms with Gasteiger partial charge in [0.1, 0.15) is 0 Å². The van der Waals surface area contributed by atoms with Gasteiger partial charge in [-0.3, -0.25) is 0 Å². The fourth-order valence-electron chi connectivity index (χ4n) is 2.21. The molecule has 0 aliphatic carbocycles. The van der Waals surface area contributed by atoms with Crippen LogP contribution in [0.3, 0.4) is 0 Å². The maximum absolute atomic E-state index is 9.30. The fraction of sp³-hybridized carbons (Fsp3) is 1.00. The Morgan fingerprint density at radius 1 is 1.43 bits per heavy atom. The lowest BCUT2D eigenvalue weighted by Crippen LogP contribution is -2.48. The van der Waals surface area contributed by atoms with Crippen molar-refractivity contribution in [2.24, 2.45) is 0 Å². The summed E-state index contributed by atoms with van der Waals surface area (Å²) in [5.41, 5.74) is -0.123. The molecule has 2 N–H and O–H groups in total. The lowest BCUT2D eigenvalue weighted by atomic mass is 9.94. The fourth-order valence-corrected chi connectivity index (χ4v) is 2.21. The summed E-state index contributed by atoms with van der Waals surface area (Å²) in [6.45, 7) is 7.01. The predicted octanol–water partition coefficient (Wildman–Crippen LogP) is 0.831. The molecule has 0 amide bonds. The molecule has 0 aromatic heterocycles. The molecule has 2 atom stereocenters. The quantitative estimate of drug-likeness (QED) is 0.690. The molecule has 3 heteroatoms. The Balaban J connectivity index is 2.41. The van der Waals surface area contributed by atoms with Crippen molar-refractivity contribution in [1.82, 2.24) is 10.2 Å². The smallest absolute Gasteiger partial charge is 0.0611 e. The van der Waals surface area contributed by atoms with E-state index in [0.717, 1.165) is 6.42 Å². The molecule has 0 bridgehead atoms. The third-order valence-electron chi connectivity index (χ3n) is 3.46. The molecule has 2 unspecified atom stereocenters. The maximum Gasteiger partial charge on any atom is 0.0611 e. The first-order chi connectivity index (χ1) is 6.61. The Bertz CT molecular complexity index is 163. The molecular formula is C11H24N2O. The van der Waals surface area contributed by atoms with E-state index in [1.165, 1.54) is 25.9 Å². The highest BCUT2D eigenvalue weighted by Crippen LogP contribution is 2.19. The number of nitrogens with zero attached hydrogens (tertiary/aromatic N) is 1. The minimum absolute atomic E-state index is 0.123. The Morgan fingerprint density at radius 3 is 2.43 bits per heavy atom. The van der Waals surface area contributed by atoms with Gasteiger partial charge < -0.3 is 15.3 Å². The van der Waals surface area contributed by atoms with E-state index in [2.05, 4.69) is 24.1 Å². The molecule has 3 nitrogen and oxygen atoms in total. The van der Waals surface area contributed by atoms with Crippen LogP contribution in [0, 0.1) is 0 Å². The van der Waals surface area contributed by atoms with Crippen LogP contribution in [-0.2, 0) is 0 Å². The number of rotatable bonds is 5. The number of aliphatic hydroxyl groups is 1. The van der Waals surface area contributed by atoms with Crippen LogP contribution in [0.15, 0.2) is 0 Å². The van der Waals surface area contributed by atoms with Gasteiger partial charge in [-0.25, -0.2) is 0 Å². The van der Waals surface area contributed by atoms with E-state index >= 15 is 0 Å². The topological polar surface area (TPSA) is 35.5 Å². The monoisotopic (exact) mass is 200 g/mol. The van der Waals surface area contributed by atoms with Crippen molar-refractivity contribution in [3.05, 3.63) is 0 Å². The van der Waals surface area contributed by atoms with E-state index in [9.17, 15) is 5.11 Å². The molecule has 1 rings (SSSR count). The molecular weight excluding hydrogens is 176 g/mol. The molecule has 84 valence electrons. The summed E-state index contributed by atoms with van der Waals surface area (Å²) in [5.74, 6) is 0. The average Bonchev–Trinajstić information content (AvgIpc) is 2.70. The van der Waals surface area contributed by atoms with Crippen LogP contribution in [0.25, 0.3) is 0 Å². The Morgan fingerprint density at radius 2 is 2.00 bits per heavy atom. The second kappa shape index (κ2) is 5.10. The second-order valence-electron chi connectivity index (χ2n) is 4.76. The zero-order chi connectivity index (χ0) is 10.6. The molecule has 0 spiro atoms. The third-order valence-corrected chi connectivity index (χ3v) is 3.46. The SMILES string of the molecule is CNC(C)(CO)CC(C)N1CCCC1. The van der Waals surface area contributed by atoms with E-state index in [1.807, 2.05) is 7.05 Å². The Labute approximate surface area is 87.5 Å². The number of likely N-dealkylation sites (N-methyl/N-ethyl adjacent to an activating group) is 1. The van der Waals surface area contributed by atoms with Crippen molar-refractivity contribution in [1.29, 1.82) is 0 Å². The van der Waals surface area contributed by atoms with Crippen LogP contribution >= 0.6 is 0 Å². The first-order valence-electron chi connectivity index (χ1n) is 5.65. The van der Waals surface area contributed by atoms with Gasteiger partial charge in [0.2, 0.25) is 0 Å². The van der Waals surface area contributed by atoms with Gasteiger partial charge in [0.05, 0.1) is 6.61 Å². The molecule has 0 saturated carbocycles. The molecule has 0 aromatic carbocycles. The van der Waals surface area contributed by atoms with Crippen molar-refractivity contribution in [2.45, 2.75) is 44.7 Å². The van der Waals surface area contributed by atoms with Gasteiger partial charge in [-0.2, -0.15) is 0 Å². The molecule has 1 aliphatic heterocycles. The lowest BCUT2D eigenvalue weighted by Gasteiger charge is -2.34. The van der Waals surface area contributed by atoms with Crippen molar-refractivity contribution >= 4 is 0 Å². The summed E-state index contributed by atoms with van der Waals surface area (Å²) in [6, 6.07) is 0.571. The lowest BCUT2D eigenvalue weighted by molar-refractivity contribution is 0.132. The van der Waals surface area contributed by atoms with Crippen LogP contribution in [-0.4, -0.2) is 48.3 Å². The van der Waals surface area contributed by atoms with Gasteiger partial charge in [-0.05, 0) is 53.2 Å². The van der Waals surface area contributed by atoms with Crippen molar-refractivity contribution in [2.75, 3.05) is 26.7 Å². The van der Waals surface area contributed by atoms with Gasteiger partial charge in [-0.15, -0.1) is 0 Å². The van der Waals surface area contributed by atoms with E-state index in [4.69, 9.17) is 0 Å². The second-order valence-corrected chi connectivity index (χ2v) is 4.76. The molecule has 1 heterocycles. The molecule has 0 radical (unpaired) electrons. The van der Waals surface area contributed by atoms with Crippen LogP contribution in [0.5, 0.6) is 0 Å². The summed E-state index contributed by atoms with van der Waals surface area (Å²) in [6.07, 6.45) is 3.68. The minimum Gasteiger partial charge on any atom is -0.394 e. The maximum atomic E-state index is 9.30. The minimum atomic E-state index is -0.123. The van der Waals surface area contributed by atoms with Gasteiger partial charge in [0.15, 0.2) is 0 Å². The number of hydrogen-bond acceptors (Lipinski definition) is 3. The molecule has 0 aromatic rings. The highest BCUT2D eigenvalue weighted by atomic mass is 16.3. The van der Waals surface area contributed by atoms with Crippen LogP contribution in [0.2, 0.25) is 0 Å². The van der Waals surface area contributed by atoms with Crippen molar-refractivity contribution < 1.29 is 5.11 Å². The first-order valence-corrected chi connectivity index (χ1v) is 5.65. The molecule has 1 fully saturated rings. The summed E-state index contributed by atoms with van der Waals surface area (Å²) < 4.78 is 0. The predicted molar refractivity (Wildman–Crippen MR) is 59.4 cm³/mol. The van der Waals surface area contributed by atoms with Crippen molar-refractivity contribution in [3.63, 3.8) is 0 Å². The standard InChI is InChI=1S/C11H24N2O/c1-10(13-6-4-5-7-13)8-11(2,9-14)12-3/h10,12,14H,4-9H2,1-3H3. The van der Waals surface area contributed by atoms with Crippen LogP contribution in [0.1, 0.15) is 33.1 Å². The van der Waals surface area contributed by atoms with Gasteiger partial charge in [0.25, 0.3) is 0 Å². The van der Waals surface area contributed by atoms with Crippen LogP contribution < -0.4 is 5.32 Å². The van der Waals surface area contributed by atoms with Gasteiger partial charge >= 0.3 is 0 Å². The Hall–Kier alpha value is -0.120. The normalized spacial score (nSPS) is 24.9. The summed E-state index contributed by atoms with van der Waals surface area (Å²) in [7, 11) is 1.92.